The van der Waals surface area contributed by atoms with E-state index in [0.717, 1.165) is 19.4 Å². The smallest absolute Gasteiger partial charge is 0.223 e. The maximum atomic E-state index is 15.3. The first-order valence-corrected chi connectivity index (χ1v) is 12.4. The van der Waals surface area contributed by atoms with Gasteiger partial charge in [-0.25, -0.2) is 19.3 Å². The monoisotopic (exact) mass is 504 g/mol. The molecule has 190 valence electrons. The molecule has 3 heterocycles. The molecule has 3 aromatic rings. The fourth-order valence-electron chi connectivity index (χ4n) is 4.97. The van der Waals surface area contributed by atoms with Crippen LogP contribution in [0.25, 0.3) is 22.3 Å². The van der Waals surface area contributed by atoms with Crippen LogP contribution in [0.5, 0.6) is 0 Å². The number of aliphatic hydroxyl groups is 2. The molecule has 2 aromatic heterocycles. The molecule has 0 radical (unpaired) electrons. The third kappa shape index (κ3) is 4.87. The number of likely N-dealkylation sites (tertiary alicyclic amines) is 1. The van der Waals surface area contributed by atoms with Crippen molar-refractivity contribution in [2.75, 3.05) is 18.9 Å². The zero-order chi connectivity index (χ0) is 25.7. The largest absolute Gasteiger partial charge is 0.389 e. The summed E-state index contributed by atoms with van der Waals surface area (Å²) in [5.41, 5.74) is 0.340. The summed E-state index contributed by atoms with van der Waals surface area (Å²) in [5, 5.41) is 25.0. The second kappa shape index (κ2) is 9.61. The van der Waals surface area contributed by atoms with Gasteiger partial charge in [0.25, 0.3) is 0 Å². The van der Waals surface area contributed by atoms with Crippen LogP contribution >= 0.6 is 11.6 Å². The molecule has 0 bridgehead atoms. The van der Waals surface area contributed by atoms with Crippen LogP contribution in [0.1, 0.15) is 59.3 Å². The molecule has 3 atom stereocenters. The fraction of sp³-hybridized carbons (Fsp3) is 0.560. The van der Waals surface area contributed by atoms with Crippen molar-refractivity contribution in [3.8, 4) is 11.3 Å². The molecule has 0 aliphatic carbocycles. The summed E-state index contributed by atoms with van der Waals surface area (Å²) in [7, 11) is 2.01. The molecule has 0 spiro atoms. The number of benzene rings is 1. The van der Waals surface area contributed by atoms with E-state index in [2.05, 4.69) is 32.1 Å². The van der Waals surface area contributed by atoms with E-state index in [4.69, 9.17) is 11.6 Å². The van der Waals surface area contributed by atoms with E-state index in [9.17, 15) is 10.2 Å². The molecule has 1 saturated heterocycles. The molecule has 1 aromatic carbocycles. The van der Waals surface area contributed by atoms with E-state index in [1.165, 1.54) is 12.3 Å². The topological polar surface area (TPSA) is 99.3 Å². The van der Waals surface area contributed by atoms with Crippen molar-refractivity contribution < 1.29 is 14.6 Å². The molecule has 1 unspecified atom stereocenters. The molecule has 8 nitrogen and oxygen atoms in total. The summed E-state index contributed by atoms with van der Waals surface area (Å²) in [4.78, 5) is 15.5. The van der Waals surface area contributed by atoms with Crippen molar-refractivity contribution in [1.82, 2.24) is 24.4 Å². The van der Waals surface area contributed by atoms with Crippen molar-refractivity contribution in [1.29, 1.82) is 0 Å². The van der Waals surface area contributed by atoms with E-state index in [-0.39, 0.29) is 28.7 Å². The summed E-state index contributed by atoms with van der Waals surface area (Å²) in [6, 6.07) is 2.92. The highest BCUT2D eigenvalue weighted by atomic mass is 35.5. The standard InChI is InChI=1S/C25H34ClFN6O2/c1-7-18-22(34)17(8-9-32(18)6)29-24-28-12-15(26)20(31-24)14-10-16(27)21-19(11-14)33(13(2)3)23(30-21)25(4,5)35/h10-13,17-18,22,34-35H,7-9H2,1-6H3,(H,28,29,31)/t17?,18-,22-/m1/s1. The van der Waals surface area contributed by atoms with Gasteiger partial charge < -0.3 is 25.0 Å². The normalized spacial score (nSPS) is 21.7. The van der Waals surface area contributed by atoms with E-state index in [0.29, 0.717) is 28.5 Å². The Morgan fingerprint density at radius 3 is 2.63 bits per heavy atom. The minimum Gasteiger partial charge on any atom is -0.389 e. The number of nitrogens with one attached hydrogen (secondary N) is 1. The highest BCUT2D eigenvalue weighted by Crippen LogP contribution is 2.35. The number of likely N-dealkylation sites (N-methyl/N-ethyl adjacent to an activating group) is 1. The van der Waals surface area contributed by atoms with Crippen LogP contribution in [0.4, 0.5) is 10.3 Å². The lowest BCUT2D eigenvalue weighted by atomic mass is 9.92. The number of rotatable bonds is 6. The van der Waals surface area contributed by atoms with Gasteiger partial charge >= 0.3 is 0 Å². The minimum absolute atomic E-state index is 0.0471. The number of anilines is 1. The van der Waals surface area contributed by atoms with E-state index >= 15 is 4.39 Å². The highest BCUT2D eigenvalue weighted by molar-refractivity contribution is 6.33. The van der Waals surface area contributed by atoms with Crippen LogP contribution in [0.15, 0.2) is 18.3 Å². The first-order chi connectivity index (χ1) is 16.4. The van der Waals surface area contributed by atoms with Gasteiger partial charge in [-0.1, -0.05) is 18.5 Å². The number of hydrogen-bond acceptors (Lipinski definition) is 7. The number of imidazole rings is 1. The molecule has 1 aliphatic heterocycles. The van der Waals surface area contributed by atoms with Gasteiger partial charge in [0.05, 0.1) is 34.6 Å². The Balaban J connectivity index is 1.75. The Labute approximate surface area is 210 Å². The zero-order valence-electron chi connectivity index (χ0n) is 21.0. The summed E-state index contributed by atoms with van der Waals surface area (Å²) in [6.45, 7) is 10.1. The lowest BCUT2D eigenvalue weighted by Crippen LogP contribution is -2.55. The molecule has 0 saturated carbocycles. The summed E-state index contributed by atoms with van der Waals surface area (Å²) < 4.78 is 17.1. The second-order valence-corrected chi connectivity index (χ2v) is 10.6. The van der Waals surface area contributed by atoms with E-state index in [1.54, 1.807) is 19.9 Å². The molecule has 4 rings (SSSR count). The highest BCUT2D eigenvalue weighted by Gasteiger charge is 2.34. The average Bonchev–Trinajstić information content (AvgIpc) is 3.18. The second-order valence-electron chi connectivity index (χ2n) is 10.2. The molecule has 1 aliphatic rings. The Morgan fingerprint density at radius 2 is 2.00 bits per heavy atom. The van der Waals surface area contributed by atoms with Crippen molar-refractivity contribution in [2.45, 2.75) is 77.3 Å². The molecule has 10 heteroatoms. The van der Waals surface area contributed by atoms with Crippen LogP contribution < -0.4 is 5.32 Å². The summed E-state index contributed by atoms with van der Waals surface area (Å²) in [5.74, 6) is 0.183. The number of aromatic nitrogens is 4. The van der Waals surface area contributed by atoms with Crippen LogP contribution in [-0.2, 0) is 5.60 Å². The van der Waals surface area contributed by atoms with Crippen LogP contribution in [0.2, 0.25) is 5.02 Å². The Kier molecular flexibility index (Phi) is 7.07. The van der Waals surface area contributed by atoms with Crippen molar-refractivity contribution in [3.05, 3.63) is 35.0 Å². The predicted octanol–water partition coefficient (Wildman–Crippen LogP) is 4.35. The minimum atomic E-state index is -1.25. The Bertz CT molecular complexity index is 1220. The maximum absolute atomic E-state index is 15.3. The number of piperidine rings is 1. The van der Waals surface area contributed by atoms with Crippen LogP contribution in [0, 0.1) is 5.82 Å². The van der Waals surface area contributed by atoms with Gasteiger partial charge in [-0.15, -0.1) is 0 Å². The molecule has 3 N–H and O–H groups in total. The van der Waals surface area contributed by atoms with Crippen LogP contribution in [-0.4, -0.2) is 66.4 Å². The summed E-state index contributed by atoms with van der Waals surface area (Å²) in [6.07, 6.45) is 2.48. The summed E-state index contributed by atoms with van der Waals surface area (Å²) >= 11 is 6.46. The van der Waals surface area contributed by atoms with Gasteiger partial charge in [0.1, 0.15) is 16.9 Å². The van der Waals surface area contributed by atoms with Crippen LogP contribution in [0.3, 0.4) is 0 Å². The number of aliphatic hydroxyl groups excluding tert-OH is 1. The maximum Gasteiger partial charge on any atom is 0.223 e. The number of nitrogens with zero attached hydrogens (tertiary/aromatic N) is 5. The van der Waals surface area contributed by atoms with Gasteiger partial charge in [-0.3, -0.25) is 0 Å². The molecular weight excluding hydrogens is 471 g/mol. The lowest BCUT2D eigenvalue weighted by Gasteiger charge is -2.41. The first-order valence-electron chi connectivity index (χ1n) is 12.0. The number of halogens is 2. The average molecular weight is 505 g/mol. The third-order valence-corrected chi connectivity index (χ3v) is 7.00. The van der Waals surface area contributed by atoms with Gasteiger partial charge in [0.15, 0.2) is 5.82 Å². The zero-order valence-corrected chi connectivity index (χ0v) is 21.8. The Morgan fingerprint density at radius 1 is 1.29 bits per heavy atom. The lowest BCUT2D eigenvalue weighted by molar-refractivity contribution is 0.0137. The SMILES string of the molecule is CC[C@@H]1[C@H](O)C(Nc2ncc(Cl)c(-c3cc(F)c4nc(C(C)(C)O)n(C(C)C)c4c3)n2)CCN1C. The van der Waals surface area contributed by atoms with Crippen molar-refractivity contribution >= 4 is 28.6 Å². The number of hydrogen-bond donors (Lipinski definition) is 3. The molecular formula is C25H34ClFN6O2. The van der Waals surface area contributed by atoms with Gasteiger partial charge in [0.2, 0.25) is 5.95 Å². The van der Waals surface area contributed by atoms with Gasteiger partial charge in [-0.05, 0) is 59.7 Å². The number of fused-ring (bicyclic) bond motifs is 1. The molecule has 0 amide bonds. The van der Waals surface area contributed by atoms with Crippen molar-refractivity contribution in [3.63, 3.8) is 0 Å². The fourth-order valence-corrected chi connectivity index (χ4v) is 5.17. The predicted molar refractivity (Wildman–Crippen MR) is 136 cm³/mol. The first kappa shape index (κ1) is 25.8. The van der Waals surface area contributed by atoms with Gasteiger partial charge in [0, 0.05) is 24.2 Å². The van der Waals surface area contributed by atoms with E-state index in [1.807, 2.05) is 25.5 Å². The Hall–Kier alpha value is -2.33. The molecule has 35 heavy (non-hydrogen) atoms. The third-order valence-electron chi connectivity index (χ3n) is 6.73. The van der Waals surface area contributed by atoms with Crippen molar-refractivity contribution in [2.24, 2.45) is 0 Å². The molecule has 1 fully saturated rings. The van der Waals surface area contributed by atoms with Gasteiger partial charge in [-0.2, -0.15) is 0 Å². The van der Waals surface area contributed by atoms with E-state index < -0.39 is 17.5 Å². The quantitative estimate of drug-likeness (QED) is 0.459.